The molecule has 1 heterocycles. The molecule has 0 saturated heterocycles. The summed E-state index contributed by atoms with van der Waals surface area (Å²) in [5.74, 6) is 0. The van der Waals surface area contributed by atoms with Gasteiger partial charge in [-0.3, -0.25) is 14.1 Å². The molecule has 0 fully saturated rings. The molecular formula is C10H11NO5S. The maximum atomic E-state index is 8.83. The van der Waals surface area contributed by atoms with E-state index in [1.807, 2.05) is 36.4 Å². The molecule has 0 spiro atoms. The van der Waals surface area contributed by atoms with Crippen LogP contribution in [0.5, 0.6) is 0 Å². The summed E-state index contributed by atoms with van der Waals surface area (Å²) in [6.45, 7) is 0.00480. The van der Waals surface area contributed by atoms with E-state index in [2.05, 4.69) is 4.98 Å². The van der Waals surface area contributed by atoms with Gasteiger partial charge in [0.25, 0.3) is 0 Å². The first kappa shape index (κ1) is 13.5. The minimum atomic E-state index is -4.67. The molecule has 0 aliphatic heterocycles. The number of nitrogens with zero attached hydrogens (tertiary/aromatic N) is 1. The molecule has 3 N–H and O–H groups in total. The fraction of sp³-hybridized carbons (Fsp3) is 0.100. The van der Waals surface area contributed by atoms with Crippen LogP contribution >= 0.6 is 0 Å². The molecular weight excluding hydrogens is 246 g/mol. The molecule has 2 rings (SSSR count). The Morgan fingerprint density at radius 2 is 1.65 bits per heavy atom. The van der Waals surface area contributed by atoms with Gasteiger partial charge in [-0.05, 0) is 12.1 Å². The minimum absolute atomic E-state index is 0.00480. The summed E-state index contributed by atoms with van der Waals surface area (Å²) in [4.78, 5) is 4.24. The van der Waals surface area contributed by atoms with Gasteiger partial charge in [-0.2, -0.15) is 8.42 Å². The van der Waals surface area contributed by atoms with Gasteiger partial charge in [-0.1, -0.05) is 24.3 Å². The number of aromatic nitrogens is 1. The van der Waals surface area contributed by atoms with Crippen molar-refractivity contribution in [1.82, 2.24) is 4.98 Å². The molecule has 0 radical (unpaired) electrons. The van der Waals surface area contributed by atoms with E-state index in [0.717, 1.165) is 10.9 Å². The third-order valence-electron chi connectivity index (χ3n) is 1.82. The Labute approximate surface area is 98.1 Å². The Hall–Kier alpha value is -1.54. The molecule has 17 heavy (non-hydrogen) atoms. The number of aliphatic hydroxyl groups is 1. The van der Waals surface area contributed by atoms with Gasteiger partial charge in [0, 0.05) is 5.39 Å². The zero-order chi connectivity index (χ0) is 12.9. The largest absolute Gasteiger partial charge is 0.394 e. The molecule has 7 heteroatoms. The Bertz CT molecular complexity index is 588. The lowest BCUT2D eigenvalue weighted by Crippen LogP contribution is -1.89. The molecule has 92 valence electrons. The van der Waals surface area contributed by atoms with E-state index in [1.165, 1.54) is 0 Å². The Kier molecular flexibility index (Phi) is 4.53. The van der Waals surface area contributed by atoms with Crippen molar-refractivity contribution in [3.05, 3.63) is 42.1 Å². The second-order valence-corrected chi connectivity index (χ2v) is 4.00. The lowest BCUT2D eigenvalue weighted by molar-refractivity contribution is 0.277. The van der Waals surface area contributed by atoms with Crippen molar-refractivity contribution in [3.63, 3.8) is 0 Å². The minimum Gasteiger partial charge on any atom is -0.390 e. The molecule has 1 aromatic heterocycles. The first-order chi connectivity index (χ1) is 7.90. The van der Waals surface area contributed by atoms with Gasteiger partial charge in [0.2, 0.25) is 0 Å². The van der Waals surface area contributed by atoms with Crippen molar-refractivity contribution in [2.24, 2.45) is 0 Å². The second kappa shape index (κ2) is 5.69. The lowest BCUT2D eigenvalue weighted by Gasteiger charge is -1.98. The van der Waals surface area contributed by atoms with Crippen LogP contribution in [0.2, 0.25) is 0 Å². The van der Waals surface area contributed by atoms with E-state index < -0.39 is 10.4 Å². The van der Waals surface area contributed by atoms with Crippen molar-refractivity contribution in [3.8, 4) is 0 Å². The number of rotatable bonds is 1. The van der Waals surface area contributed by atoms with E-state index >= 15 is 0 Å². The average molecular weight is 257 g/mol. The predicted octanol–water partition coefficient (Wildman–Crippen LogP) is 1.07. The van der Waals surface area contributed by atoms with Crippen molar-refractivity contribution >= 4 is 21.3 Å². The van der Waals surface area contributed by atoms with Crippen LogP contribution in [0.3, 0.4) is 0 Å². The quantitative estimate of drug-likeness (QED) is 0.660. The lowest BCUT2D eigenvalue weighted by atomic mass is 10.2. The number of fused-ring (bicyclic) bond motifs is 1. The van der Waals surface area contributed by atoms with Crippen LogP contribution in [-0.2, 0) is 17.0 Å². The van der Waals surface area contributed by atoms with Crippen molar-refractivity contribution in [1.29, 1.82) is 0 Å². The smallest absolute Gasteiger partial charge is 0.390 e. The number of benzene rings is 1. The monoisotopic (exact) mass is 257 g/mol. The Morgan fingerprint density at radius 3 is 2.24 bits per heavy atom. The predicted molar refractivity (Wildman–Crippen MR) is 61.8 cm³/mol. The Balaban J connectivity index is 0.000000249. The fourth-order valence-electron chi connectivity index (χ4n) is 1.20. The van der Waals surface area contributed by atoms with Gasteiger partial charge in [0.05, 0.1) is 17.8 Å². The van der Waals surface area contributed by atoms with E-state index in [-0.39, 0.29) is 6.61 Å². The van der Waals surface area contributed by atoms with Crippen LogP contribution in [0.25, 0.3) is 10.9 Å². The van der Waals surface area contributed by atoms with Gasteiger partial charge in [0.15, 0.2) is 0 Å². The molecule has 6 nitrogen and oxygen atoms in total. The van der Waals surface area contributed by atoms with Crippen LogP contribution in [0.15, 0.2) is 36.4 Å². The van der Waals surface area contributed by atoms with Gasteiger partial charge in [-0.15, -0.1) is 0 Å². The maximum absolute atomic E-state index is 8.83. The van der Waals surface area contributed by atoms with Crippen molar-refractivity contribution < 1.29 is 22.6 Å². The number of aliphatic hydroxyl groups excluding tert-OH is 1. The highest BCUT2D eigenvalue weighted by Gasteiger charge is 1.94. The topological polar surface area (TPSA) is 108 Å². The van der Waals surface area contributed by atoms with Crippen molar-refractivity contribution in [2.75, 3.05) is 0 Å². The summed E-state index contributed by atoms with van der Waals surface area (Å²) < 4.78 is 31.6. The number of hydrogen-bond donors (Lipinski definition) is 3. The van der Waals surface area contributed by atoms with Crippen LogP contribution in [0.4, 0.5) is 0 Å². The van der Waals surface area contributed by atoms with Crippen LogP contribution < -0.4 is 0 Å². The third-order valence-corrected chi connectivity index (χ3v) is 1.82. The fourth-order valence-corrected chi connectivity index (χ4v) is 1.20. The van der Waals surface area contributed by atoms with Gasteiger partial charge in [-0.25, -0.2) is 0 Å². The van der Waals surface area contributed by atoms with Crippen LogP contribution in [0, 0.1) is 0 Å². The Morgan fingerprint density at radius 1 is 1.06 bits per heavy atom. The van der Waals surface area contributed by atoms with Crippen molar-refractivity contribution in [2.45, 2.75) is 6.61 Å². The van der Waals surface area contributed by atoms with E-state index in [9.17, 15) is 0 Å². The van der Waals surface area contributed by atoms with E-state index in [4.69, 9.17) is 22.6 Å². The van der Waals surface area contributed by atoms with Crippen LogP contribution in [0.1, 0.15) is 5.69 Å². The summed E-state index contributed by atoms with van der Waals surface area (Å²) in [6, 6.07) is 11.7. The number of hydrogen-bond acceptors (Lipinski definition) is 4. The molecule has 0 aliphatic rings. The normalized spacial score (nSPS) is 10.8. The van der Waals surface area contributed by atoms with Gasteiger partial charge in [0.1, 0.15) is 0 Å². The van der Waals surface area contributed by atoms with E-state index in [1.54, 1.807) is 0 Å². The zero-order valence-electron chi connectivity index (χ0n) is 8.68. The van der Waals surface area contributed by atoms with Gasteiger partial charge < -0.3 is 5.11 Å². The summed E-state index contributed by atoms with van der Waals surface area (Å²) >= 11 is 0. The maximum Gasteiger partial charge on any atom is 0.394 e. The summed E-state index contributed by atoms with van der Waals surface area (Å²) in [6.07, 6.45) is 0. The first-order valence-electron chi connectivity index (χ1n) is 4.55. The van der Waals surface area contributed by atoms with Gasteiger partial charge >= 0.3 is 10.4 Å². The first-order valence-corrected chi connectivity index (χ1v) is 5.95. The summed E-state index contributed by atoms with van der Waals surface area (Å²) in [7, 11) is -4.67. The second-order valence-electron chi connectivity index (χ2n) is 3.10. The molecule has 0 amide bonds. The highest BCUT2D eigenvalue weighted by Crippen LogP contribution is 2.11. The molecule has 1 aromatic carbocycles. The number of para-hydroxylation sites is 1. The SMILES string of the molecule is O=S(=O)(O)O.OCc1ccc2ccccc2n1. The third kappa shape index (κ3) is 5.36. The number of pyridine rings is 1. The standard InChI is InChI=1S/C10H9NO.H2O4S/c12-7-9-6-5-8-3-1-2-4-10(8)11-9;1-5(2,3)4/h1-6,12H,7H2;(H2,1,2,3,4). The molecule has 0 bridgehead atoms. The highest BCUT2D eigenvalue weighted by atomic mass is 32.3. The molecule has 2 aromatic rings. The summed E-state index contributed by atoms with van der Waals surface area (Å²) in [5.41, 5.74) is 1.65. The van der Waals surface area contributed by atoms with Crippen LogP contribution in [-0.4, -0.2) is 27.6 Å². The molecule has 0 unspecified atom stereocenters. The molecule has 0 aliphatic carbocycles. The highest BCUT2D eigenvalue weighted by molar-refractivity contribution is 7.79. The molecule has 0 atom stereocenters. The van der Waals surface area contributed by atoms with E-state index in [0.29, 0.717) is 5.69 Å². The average Bonchev–Trinajstić information content (AvgIpc) is 2.26. The molecule has 0 saturated carbocycles. The summed E-state index contributed by atoms with van der Waals surface area (Å²) in [5, 5.41) is 9.94. The zero-order valence-corrected chi connectivity index (χ0v) is 9.50.